The molecule has 0 aromatic heterocycles. The molecule has 1 saturated carbocycles. The third kappa shape index (κ3) is 2.88. The number of benzene rings is 1. The second-order valence-electron chi connectivity index (χ2n) is 4.23. The Morgan fingerprint density at radius 1 is 1.40 bits per heavy atom. The fourth-order valence-electron chi connectivity index (χ4n) is 1.67. The van der Waals surface area contributed by atoms with Crippen molar-refractivity contribution < 1.29 is 4.74 Å². The van der Waals surface area contributed by atoms with Crippen LogP contribution in [0.1, 0.15) is 25.3 Å². The fourth-order valence-corrected chi connectivity index (χ4v) is 1.67. The van der Waals surface area contributed by atoms with Gasteiger partial charge in [0.25, 0.3) is 0 Å². The van der Waals surface area contributed by atoms with Crippen LogP contribution in [-0.2, 0) is 0 Å². The molecule has 1 aromatic rings. The van der Waals surface area contributed by atoms with Gasteiger partial charge < -0.3 is 10.1 Å². The Hall–Kier alpha value is -1.18. The van der Waals surface area contributed by atoms with Gasteiger partial charge in [-0.1, -0.05) is 0 Å². The maximum atomic E-state index is 5.45. The van der Waals surface area contributed by atoms with Crippen molar-refractivity contribution in [2.24, 2.45) is 5.92 Å². The van der Waals surface area contributed by atoms with E-state index in [1.165, 1.54) is 24.1 Å². The van der Waals surface area contributed by atoms with E-state index in [0.717, 1.165) is 24.8 Å². The first-order valence-electron chi connectivity index (χ1n) is 5.77. The first-order valence-corrected chi connectivity index (χ1v) is 5.77. The Balaban J connectivity index is 1.97. The highest BCUT2D eigenvalue weighted by Crippen LogP contribution is 2.30. The summed E-state index contributed by atoms with van der Waals surface area (Å²) >= 11 is 0. The number of hydrogen-bond acceptors (Lipinski definition) is 2. The molecule has 0 amide bonds. The normalized spacial score (nSPS) is 15.1. The molecule has 1 N–H and O–H groups in total. The number of ether oxygens (including phenoxy) is 1. The van der Waals surface area contributed by atoms with Gasteiger partial charge in [0, 0.05) is 12.2 Å². The van der Waals surface area contributed by atoms with Crippen LogP contribution >= 0.6 is 0 Å². The maximum absolute atomic E-state index is 5.45. The summed E-state index contributed by atoms with van der Waals surface area (Å²) < 4.78 is 5.45. The van der Waals surface area contributed by atoms with E-state index in [4.69, 9.17) is 4.74 Å². The van der Waals surface area contributed by atoms with Gasteiger partial charge in [0.15, 0.2) is 0 Å². The number of aryl methyl sites for hydroxylation is 1. The Morgan fingerprint density at radius 2 is 2.20 bits per heavy atom. The van der Waals surface area contributed by atoms with Gasteiger partial charge in [-0.15, -0.1) is 0 Å². The number of hydrogen-bond donors (Lipinski definition) is 1. The molecule has 0 unspecified atom stereocenters. The summed E-state index contributed by atoms with van der Waals surface area (Å²) in [6.45, 7) is 5.98. The predicted molar refractivity (Wildman–Crippen MR) is 63.6 cm³/mol. The van der Waals surface area contributed by atoms with E-state index in [2.05, 4.69) is 24.4 Å². The van der Waals surface area contributed by atoms with Crippen molar-refractivity contribution in [3.8, 4) is 5.75 Å². The van der Waals surface area contributed by atoms with Crippen LogP contribution in [0.3, 0.4) is 0 Å². The van der Waals surface area contributed by atoms with E-state index < -0.39 is 0 Å². The summed E-state index contributed by atoms with van der Waals surface area (Å²) in [6, 6.07) is 6.24. The topological polar surface area (TPSA) is 21.3 Å². The standard InChI is InChI=1S/C13H19NO/c1-3-15-12-6-7-13(10(2)8-12)14-9-11-4-5-11/h6-8,11,14H,3-5,9H2,1-2H3. The minimum atomic E-state index is 0.730. The molecule has 1 fully saturated rings. The zero-order valence-electron chi connectivity index (χ0n) is 9.55. The summed E-state index contributed by atoms with van der Waals surface area (Å²) in [5.41, 5.74) is 2.51. The third-order valence-corrected chi connectivity index (χ3v) is 2.79. The van der Waals surface area contributed by atoms with Crippen molar-refractivity contribution in [1.29, 1.82) is 0 Å². The lowest BCUT2D eigenvalue weighted by atomic mass is 10.2. The lowest BCUT2D eigenvalue weighted by Crippen LogP contribution is -2.04. The highest BCUT2D eigenvalue weighted by atomic mass is 16.5. The second kappa shape index (κ2) is 4.56. The average molecular weight is 205 g/mol. The quantitative estimate of drug-likeness (QED) is 0.797. The second-order valence-corrected chi connectivity index (χ2v) is 4.23. The molecule has 2 heteroatoms. The largest absolute Gasteiger partial charge is 0.494 e. The Labute approximate surface area is 91.6 Å². The summed E-state index contributed by atoms with van der Waals surface area (Å²) in [6.07, 6.45) is 2.78. The lowest BCUT2D eigenvalue weighted by molar-refractivity contribution is 0.340. The van der Waals surface area contributed by atoms with Gasteiger partial charge in [0.05, 0.1) is 6.61 Å². The van der Waals surface area contributed by atoms with Crippen LogP contribution in [-0.4, -0.2) is 13.2 Å². The van der Waals surface area contributed by atoms with Crippen molar-refractivity contribution in [3.63, 3.8) is 0 Å². The molecule has 0 heterocycles. The van der Waals surface area contributed by atoms with Crippen molar-refractivity contribution in [2.75, 3.05) is 18.5 Å². The first kappa shape index (κ1) is 10.3. The maximum Gasteiger partial charge on any atom is 0.119 e. The van der Waals surface area contributed by atoms with E-state index in [1.54, 1.807) is 0 Å². The van der Waals surface area contributed by atoms with Gasteiger partial charge in [-0.05, 0) is 56.4 Å². The third-order valence-electron chi connectivity index (χ3n) is 2.79. The molecule has 82 valence electrons. The van der Waals surface area contributed by atoms with Crippen LogP contribution < -0.4 is 10.1 Å². The molecule has 1 aliphatic carbocycles. The van der Waals surface area contributed by atoms with Crippen LogP contribution in [0.5, 0.6) is 5.75 Å². The van der Waals surface area contributed by atoms with Gasteiger partial charge in [-0.25, -0.2) is 0 Å². The van der Waals surface area contributed by atoms with Gasteiger partial charge in [0.2, 0.25) is 0 Å². The minimum absolute atomic E-state index is 0.730. The zero-order chi connectivity index (χ0) is 10.7. The number of anilines is 1. The highest BCUT2D eigenvalue weighted by molar-refractivity contribution is 5.53. The van der Waals surface area contributed by atoms with Crippen molar-refractivity contribution in [3.05, 3.63) is 23.8 Å². The molecule has 1 aliphatic rings. The molecule has 1 aromatic carbocycles. The molecule has 0 radical (unpaired) electrons. The molecule has 0 bridgehead atoms. The smallest absolute Gasteiger partial charge is 0.119 e. The Kier molecular flexibility index (Phi) is 3.14. The number of nitrogens with one attached hydrogen (secondary N) is 1. The summed E-state index contributed by atoms with van der Waals surface area (Å²) in [5.74, 6) is 1.88. The highest BCUT2D eigenvalue weighted by Gasteiger charge is 2.20. The van der Waals surface area contributed by atoms with Gasteiger partial charge in [0.1, 0.15) is 5.75 Å². The van der Waals surface area contributed by atoms with Crippen LogP contribution in [0.15, 0.2) is 18.2 Å². The molecule has 15 heavy (non-hydrogen) atoms. The van der Waals surface area contributed by atoms with Crippen molar-refractivity contribution >= 4 is 5.69 Å². The van der Waals surface area contributed by atoms with Crippen molar-refractivity contribution in [1.82, 2.24) is 0 Å². The van der Waals surface area contributed by atoms with E-state index in [1.807, 2.05) is 13.0 Å². The summed E-state index contributed by atoms with van der Waals surface area (Å²) in [7, 11) is 0. The summed E-state index contributed by atoms with van der Waals surface area (Å²) in [5, 5.41) is 3.49. The van der Waals surface area contributed by atoms with Crippen LogP contribution in [0.25, 0.3) is 0 Å². The summed E-state index contributed by atoms with van der Waals surface area (Å²) in [4.78, 5) is 0. The zero-order valence-corrected chi connectivity index (χ0v) is 9.55. The van der Waals surface area contributed by atoms with Gasteiger partial charge in [-0.2, -0.15) is 0 Å². The van der Waals surface area contributed by atoms with Crippen LogP contribution in [0, 0.1) is 12.8 Å². The molecule has 2 nitrogen and oxygen atoms in total. The van der Waals surface area contributed by atoms with E-state index in [0.29, 0.717) is 0 Å². The molecule has 0 saturated heterocycles. The molecular formula is C13H19NO. The average Bonchev–Trinajstić information content (AvgIpc) is 3.01. The molecule has 0 aliphatic heterocycles. The van der Waals surface area contributed by atoms with Gasteiger partial charge in [-0.3, -0.25) is 0 Å². The molecule has 0 atom stereocenters. The van der Waals surface area contributed by atoms with Gasteiger partial charge >= 0.3 is 0 Å². The lowest BCUT2D eigenvalue weighted by Gasteiger charge is -2.10. The van der Waals surface area contributed by atoms with E-state index in [-0.39, 0.29) is 0 Å². The van der Waals surface area contributed by atoms with Crippen LogP contribution in [0.4, 0.5) is 5.69 Å². The van der Waals surface area contributed by atoms with Crippen molar-refractivity contribution in [2.45, 2.75) is 26.7 Å². The first-order chi connectivity index (χ1) is 7.29. The SMILES string of the molecule is CCOc1ccc(NCC2CC2)c(C)c1. The Morgan fingerprint density at radius 3 is 2.80 bits per heavy atom. The molecule has 2 rings (SSSR count). The Bertz CT molecular complexity index is 331. The number of rotatable bonds is 5. The minimum Gasteiger partial charge on any atom is -0.494 e. The predicted octanol–water partition coefficient (Wildman–Crippen LogP) is 3.22. The molecule has 0 spiro atoms. The van der Waals surface area contributed by atoms with E-state index in [9.17, 15) is 0 Å². The molecular weight excluding hydrogens is 186 g/mol. The fraction of sp³-hybridized carbons (Fsp3) is 0.538. The van der Waals surface area contributed by atoms with Crippen LogP contribution in [0.2, 0.25) is 0 Å². The monoisotopic (exact) mass is 205 g/mol. The van der Waals surface area contributed by atoms with E-state index >= 15 is 0 Å².